The van der Waals surface area contributed by atoms with Crippen LogP contribution in [0.15, 0.2) is 0 Å². The Labute approximate surface area is 78.5 Å². The van der Waals surface area contributed by atoms with E-state index in [4.69, 9.17) is 5.11 Å². The van der Waals surface area contributed by atoms with Gasteiger partial charge in [0.2, 0.25) is 0 Å². The third kappa shape index (κ3) is 2.97. The molecule has 0 aromatic rings. The molecule has 1 fully saturated rings. The number of methoxy groups -OCH3 is 1. The van der Waals surface area contributed by atoms with Gasteiger partial charge in [0.05, 0.1) is 20.3 Å². The van der Waals surface area contributed by atoms with E-state index in [-0.39, 0.29) is 12.6 Å². The summed E-state index contributed by atoms with van der Waals surface area (Å²) in [5.41, 5.74) is 0. The summed E-state index contributed by atoms with van der Waals surface area (Å²) in [5, 5.41) is 8.80. The SMILES string of the molecule is COC(=O)CN(CCO)C1CCC1. The fraction of sp³-hybridized carbons (Fsp3) is 0.889. The lowest BCUT2D eigenvalue weighted by Gasteiger charge is -2.36. The molecule has 0 bridgehead atoms. The molecular weight excluding hydrogens is 170 g/mol. The normalized spacial score (nSPS) is 17.2. The number of aliphatic hydroxyl groups is 1. The van der Waals surface area contributed by atoms with Gasteiger partial charge in [-0.2, -0.15) is 0 Å². The van der Waals surface area contributed by atoms with Crippen LogP contribution in [0.5, 0.6) is 0 Å². The van der Waals surface area contributed by atoms with Crippen LogP contribution in [0.4, 0.5) is 0 Å². The van der Waals surface area contributed by atoms with Crippen LogP contribution in [0.3, 0.4) is 0 Å². The Morgan fingerprint density at radius 2 is 2.31 bits per heavy atom. The van der Waals surface area contributed by atoms with Crippen LogP contribution in [-0.4, -0.2) is 48.8 Å². The smallest absolute Gasteiger partial charge is 0.319 e. The van der Waals surface area contributed by atoms with Gasteiger partial charge in [-0.3, -0.25) is 9.69 Å². The van der Waals surface area contributed by atoms with Crippen LogP contribution in [0.2, 0.25) is 0 Å². The highest BCUT2D eigenvalue weighted by Gasteiger charge is 2.25. The van der Waals surface area contributed by atoms with E-state index in [9.17, 15) is 4.79 Å². The molecule has 0 aromatic heterocycles. The summed E-state index contributed by atoms with van der Waals surface area (Å²) in [7, 11) is 1.39. The molecule has 1 rings (SSSR count). The van der Waals surface area contributed by atoms with Crippen LogP contribution >= 0.6 is 0 Å². The van der Waals surface area contributed by atoms with E-state index >= 15 is 0 Å². The molecule has 0 spiro atoms. The minimum absolute atomic E-state index is 0.105. The first-order valence-electron chi connectivity index (χ1n) is 4.69. The second kappa shape index (κ2) is 5.19. The maximum absolute atomic E-state index is 11.0. The van der Waals surface area contributed by atoms with Crippen molar-refractivity contribution >= 4 is 5.97 Å². The van der Waals surface area contributed by atoms with Gasteiger partial charge in [0.1, 0.15) is 0 Å². The third-order valence-corrected chi connectivity index (χ3v) is 2.54. The van der Waals surface area contributed by atoms with Crippen molar-refractivity contribution < 1.29 is 14.6 Å². The molecule has 0 atom stereocenters. The van der Waals surface area contributed by atoms with Gasteiger partial charge in [-0.25, -0.2) is 0 Å². The Kier molecular flexibility index (Phi) is 4.18. The molecule has 4 heteroatoms. The van der Waals surface area contributed by atoms with Crippen LogP contribution < -0.4 is 0 Å². The van der Waals surface area contributed by atoms with Gasteiger partial charge < -0.3 is 9.84 Å². The summed E-state index contributed by atoms with van der Waals surface area (Å²) in [6.07, 6.45) is 3.50. The number of hydrogen-bond donors (Lipinski definition) is 1. The summed E-state index contributed by atoms with van der Waals surface area (Å²) in [5.74, 6) is -0.222. The first-order chi connectivity index (χ1) is 6.27. The zero-order valence-corrected chi connectivity index (χ0v) is 8.03. The Hall–Kier alpha value is -0.610. The van der Waals surface area contributed by atoms with Crippen molar-refractivity contribution in [1.29, 1.82) is 0 Å². The molecule has 1 aliphatic rings. The molecule has 0 radical (unpaired) electrons. The Balaban J connectivity index is 2.32. The van der Waals surface area contributed by atoms with Crippen LogP contribution in [-0.2, 0) is 9.53 Å². The highest BCUT2D eigenvalue weighted by atomic mass is 16.5. The molecule has 0 amide bonds. The minimum Gasteiger partial charge on any atom is -0.468 e. The van der Waals surface area contributed by atoms with Crippen molar-refractivity contribution in [2.24, 2.45) is 0 Å². The fourth-order valence-corrected chi connectivity index (χ4v) is 1.50. The quantitative estimate of drug-likeness (QED) is 0.616. The molecule has 0 heterocycles. The number of carbonyl (C=O) groups is 1. The number of rotatable bonds is 5. The van der Waals surface area contributed by atoms with Crippen molar-refractivity contribution in [2.45, 2.75) is 25.3 Å². The predicted octanol–water partition coefficient (Wildman–Crippen LogP) is 0.00620. The van der Waals surface area contributed by atoms with Gasteiger partial charge in [0, 0.05) is 12.6 Å². The van der Waals surface area contributed by atoms with Gasteiger partial charge in [-0.15, -0.1) is 0 Å². The molecule has 1 N–H and O–H groups in total. The summed E-state index contributed by atoms with van der Waals surface area (Å²) < 4.78 is 4.58. The van der Waals surface area contributed by atoms with Gasteiger partial charge >= 0.3 is 5.97 Å². The molecule has 0 aromatic carbocycles. The zero-order valence-electron chi connectivity index (χ0n) is 8.03. The van der Waals surface area contributed by atoms with Crippen molar-refractivity contribution in [3.63, 3.8) is 0 Å². The van der Waals surface area contributed by atoms with Crippen LogP contribution in [0, 0.1) is 0 Å². The van der Waals surface area contributed by atoms with E-state index in [2.05, 4.69) is 4.74 Å². The lowest BCUT2D eigenvalue weighted by Crippen LogP contribution is -2.44. The van der Waals surface area contributed by atoms with Crippen molar-refractivity contribution in [1.82, 2.24) is 4.90 Å². The average molecular weight is 187 g/mol. The molecule has 1 aliphatic carbocycles. The third-order valence-electron chi connectivity index (χ3n) is 2.54. The maximum Gasteiger partial charge on any atom is 0.319 e. The standard InChI is InChI=1S/C9H17NO3/c1-13-9(12)7-10(5-6-11)8-3-2-4-8/h8,11H,2-7H2,1H3. The second-order valence-electron chi connectivity index (χ2n) is 3.35. The molecule has 0 aliphatic heterocycles. The van der Waals surface area contributed by atoms with Crippen LogP contribution in [0.25, 0.3) is 0 Å². The average Bonchev–Trinajstić information content (AvgIpc) is 2.01. The second-order valence-corrected chi connectivity index (χ2v) is 3.35. The van der Waals surface area contributed by atoms with Gasteiger partial charge in [-0.05, 0) is 12.8 Å². The van der Waals surface area contributed by atoms with Gasteiger partial charge in [-0.1, -0.05) is 6.42 Å². The van der Waals surface area contributed by atoms with E-state index in [1.54, 1.807) is 0 Å². The Morgan fingerprint density at radius 3 is 2.69 bits per heavy atom. The first kappa shape index (κ1) is 10.5. The number of esters is 1. The molecular formula is C9H17NO3. The zero-order chi connectivity index (χ0) is 9.68. The molecule has 1 saturated carbocycles. The Bertz CT molecular complexity index is 168. The number of nitrogens with zero attached hydrogens (tertiary/aromatic N) is 1. The summed E-state index contributed by atoms with van der Waals surface area (Å²) in [6, 6.07) is 0.478. The topological polar surface area (TPSA) is 49.8 Å². The number of aliphatic hydroxyl groups excluding tert-OH is 1. The molecule has 0 saturated heterocycles. The van der Waals surface area contributed by atoms with Gasteiger partial charge in [0.15, 0.2) is 0 Å². The fourth-order valence-electron chi connectivity index (χ4n) is 1.50. The molecule has 4 nitrogen and oxygen atoms in total. The predicted molar refractivity (Wildman–Crippen MR) is 48.3 cm³/mol. The van der Waals surface area contributed by atoms with E-state index in [1.165, 1.54) is 13.5 Å². The van der Waals surface area contributed by atoms with Crippen molar-refractivity contribution in [3.8, 4) is 0 Å². The van der Waals surface area contributed by atoms with E-state index in [0.717, 1.165) is 12.8 Å². The van der Waals surface area contributed by atoms with E-state index in [1.807, 2.05) is 4.90 Å². The summed E-state index contributed by atoms with van der Waals surface area (Å²) >= 11 is 0. The molecule has 13 heavy (non-hydrogen) atoms. The lowest BCUT2D eigenvalue weighted by atomic mass is 9.91. The van der Waals surface area contributed by atoms with Crippen molar-refractivity contribution in [3.05, 3.63) is 0 Å². The first-order valence-corrected chi connectivity index (χ1v) is 4.69. The highest BCUT2D eigenvalue weighted by Crippen LogP contribution is 2.24. The summed E-state index contributed by atoms with van der Waals surface area (Å²) in [4.78, 5) is 13.0. The van der Waals surface area contributed by atoms with Crippen LogP contribution in [0.1, 0.15) is 19.3 Å². The summed E-state index contributed by atoms with van der Waals surface area (Å²) in [6.45, 7) is 0.981. The Morgan fingerprint density at radius 1 is 1.62 bits per heavy atom. The number of ether oxygens (including phenoxy) is 1. The maximum atomic E-state index is 11.0. The highest BCUT2D eigenvalue weighted by molar-refractivity contribution is 5.71. The largest absolute Gasteiger partial charge is 0.468 e. The molecule has 0 unspecified atom stereocenters. The monoisotopic (exact) mass is 187 g/mol. The van der Waals surface area contributed by atoms with E-state index in [0.29, 0.717) is 19.1 Å². The lowest BCUT2D eigenvalue weighted by molar-refractivity contribution is -0.143. The van der Waals surface area contributed by atoms with Crippen molar-refractivity contribution in [2.75, 3.05) is 26.8 Å². The number of carbonyl (C=O) groups excluding carboxylic acids is 1. The number of hydrogen-bond acceptors (Lipinski definition) is 4. The minimum atomic E-state index is -0.222. The molecule has 76 valence electrons. The van der Waals surface area contributed by atoms with E-state index < -0.39 is 0 Å². The van der Waals surface area contributed by atoms with Gasteiger partial charge in [0.25, 0.3) is 0 Å².